The highest BCUT2D eigenvalue weighted by Gasteiger charge is 2.06. The quantitative estimate of drug-likeness (QED) is 0.742. The van der Waals surface area contributed by atoms with Gasteiger partial charge in [0.1, 0.15) is 0 Å². The maximum atomic E-state index is 4.62. The molecule has 0 fully saturated rings. The lowest BCUT2D eigenvalue weighted by Crippen LogP contribution is -1.95. The normalized spacial score (nSPS) is 11.3. The van der Waals surface area contributed by atoms with Crippen molar-refractivity contribution in [1.29, 1.82) is 0 Å². The Morgan fingerprint density at radius 1 is 1.20 bits per heavy atom. The summed E-state index contributed by atoms with van der Waals surface area (Å²) in [6.07, 6.45) is 0. The van der Waals surface area contributed by atoms with E-state index < -0.39 is 0 Å². The summed E-state index contributed by atoms with van der Waals surface area (Å²) < 4.78 is 1.11. The van der Waals surface area contributed by atoms with Crippen molar-refractivity contribution in [2.75, 3.05) is 0 Å². The van der Waals surface area contributed by atoms with Crippen LogP contribution in [-0.2, 0) is 0 Å². The molecular weight excluding hydrogens is 250 g/mol. The molecule has 1 aromatic carbocycles. The van der Waals surface area contributed by atoms with Crippen LogP contribution >= 0.6 is 15.9 Å². The Morgan fingerprint density at radius 2 is 1.93 bits per heavy atom. The molecule has 2 aromatic rings. The van der Waals surface area contributed by atoms with E-state index in [2.05, 4.69) is 59.9 Å². The Bertz CT molecular complexity index is 503. The molecule has 0 saturated heterocycles. The molecule has 0 amide bonds. The summed E-state index contributed by atoms with van der Waals surface area (Å²) in [5.41, 5.74) is 3.54. The largest absolute Gasteiger partial charge is 0.253 e. The van der Waals surface area contributed by atoms with Crippen molar-refractivity contribution in [2.45, 2.75) is 26.7 Å². The van der Waals surface area contributed by atoms with Gasteiger partial charge in [0.2, 0.25) is 0 Å². The zero-order valence-corrected chi connectivity index (χ0v) is 10.8. The first-order valence-electron chi connectivity index (χ1n) is 5.14. The molecule has 0 N–H and O–H groups in total. The van der Waals surface area contributed by atoms with E-state index in [4.69, 9.17) is 0 Å². The lowest BCUT2D eigenvalue weighted by molar-refractivity contribution is 0.848. The fraction of sp³-hybridized carbons (Fsp3) is 0.308. The van der Waals surface area contributed by atoms with E-state index in [1.54, 1.807) is 0 Å². The number of rotatable bonds is 1. The molecule has 0 radical (unpaired) electrons. The van der Waals surface area contributed by atoms with Crippen LogP contribution < -0.4 is 0 Å². The summed E-state index contributed by atoms with van der Waals surface area (Å²) in [4.78, 5) is 4.62. The molecule has 0 bridgehead atoms. The zero-order valence-electron chi connectivity index (χ0n) is 9.21. The number of hydrogen-bond donors (Lipinski definition) is 0. The maximum Gasteiger partial charge on any atom is 0.0706 e. The molecule has 78 valence electrons. The molecule has 0 unspecified atom stereocenters. The Labute approximate surface area is 98.7 Å². The van der Waals surface area contributed by atoms with E-state index in [9.17, 15) is 0 Å². The first-order valence-corrected chi connectivity index (χ1v) is 5.94. The van der Waals surface area contributed by atoms with Crippen LogP contribution in [0.3, 0.4) is 0 Å². The van der Waals surface area contributed by atoms with Gasteiger partial charge in [-0.2, -0.15) is 0 Å². The van der Waals surface area contributed by atoms with E-state index in [0.717, 1.165) is 15.7 Å². The molecule has 0 saturated carbocycles. The Hall–Kier alpha value is -0.890. The average Bonchev–Trinajstić information content (AvgIpc) is 2.17. The Kier molecular flexibility index (Phi) is 2.79. The third-order valence-electron chi connectivity index (χ3n) is 2.63. The van der Waals surface area contributed by atoms with Gasteiger partial charge in [0.05, 0.1) is 5.52 Å². The minimum Gasteiger partial charge on any atom is -0.253 e. The van der Waals surface area contributed by atoms with Crippen LogP contribution in [0.15, 0.2) is 28.7 Å². The van der Waals surface area contributed by atoms with Crippen molar-refractivity contribution in [2.24, 2.45) is 0 Å². The molecule has 1 aromatic heterocycles. The van der Waals surface area contributed by atoms with E-state index in [0.29, 0.717) is 5.92 Å². The van der Waals surface area contributed by atoms with Gasteiger partial charge in [0, 0.05) is 15.6 Å². The van der Waals surface area contributed by atoms with Gasteiger partial charge in [-0.1, -0.05) is 29.8 Å². The van der Waals surface area contributed by atoms with Crippen molar-refractivity contribution < 1.29 is 0 Å². The number of fused-ring (bicyclic) bond motifs is 1. The monoisotopic (exact) mass is 263 g/mol. The van der Waals surface area contributed by atoms with Crippen LogP contribution in [0.4, 0.5) is 0 Å². The third kappa shape index (κ3) is 2.05. The molecule has 2 rings (SSSR count). The van der Waals surface area contributed by atoms with Gasteiger partial charge in [-0.3, -0.25) is 4.98 Å². The molecule has 0 aliphatic heterocycles. The number of benzene rings is 1. The van der Waals surface area contributed by atoms with Crippen LogP contribution in [0.25, 0.3) is 10.9 Å². The maximum absolute atomic E-state index is 4.62. The van der Waals surface area contributed by atoms with Gasteiger partial charge in [-0.05, 0) is 42.7 Å². The van der Waals surface area contributed by atoms with Crippen molar-refractivity contribution in [3.8, 4) is 0 Å². The van der Waals surface area contributed by atoms with E-state index in [-0.39, 0.29) is 0 Å². The van der Waals surface area contributed by atoms with E-state index >= 15 is 0 Å². The number of pyridine rings is 1. The first kappa shape index (κ1) is 10.6. The Morgan fingerprint density at radius 3 is 2.60 bits per heavy atom. The molecular formula is C13H14BrN. The molecule has 1 nitrogen and oxygen atoms in total. The average molecular weight is 264 g/mol. The lowest BCUT2D eigenvalue weighted by atomic mass is 10.00. The molecule has 1 heterocycles. The Balaban J connectivity index is 2.72. The van der Waals surface area contributed by atoms with Crippen molar-refractivity contribution in [3.63, 3.8) is 0 Å². The minimum absolute atomic E-state index is 0.529. The van der Waals surface area contributed by atoms with Gasteiger partial charge in [-0.25, -0.2) is 0 Å². The SMILES string of the molecule is Cc1nc2ccc(Br)cc2cc1C(C)C. The molecule has 0 aliphatic rings. The summed E-state index contributed by atoms with van der Waals surface area (Å²) in [5, 5.41) is 1.21. The fourth-order valence-electron chi connectivity index (χ4n) is 1.84. The predicted molar refractivity (Wildman–Crippen MR) is 68.3 cm³/mol. The molecule has 0 aliphatic carbocycles. The first-order chi connectivity index (χ1) is 7.08. The standard InChI is InChI=1S/C13H14BrN/c1-8(2)12-7-10-6-11(14)4-5-13(10)15-9(12)3/h4-8H,1-3H3. The minimum atomic E-state index is 0.529. The van der Waals surface area contributed by atoms with E-state index in [1.807, 2.05) is 6.07 Å². The molecule has 0 atom stereocenters. The van der Waals surface area contributed by atoms with Gasteiger partial charge in [0.15, 0.2) is 0 Å². The van der Waals surface area contributed by atoms with Gasteiger partial charge in [-0.15, -0.1) is 0 Å². The summed E-state index contributed by atoms with van der Waals surface area (Å²) >= 11 is 3.48. The van der Waals surface area contributed by atoms with Crippen LogP contribution in [0.1, 0.15) is 31.0 Å². The second-order valence-electron chi connectivity index (χ2n) is 4.15. The number of hydrogen-bond acceptors (Lipinski definition) is 1. The van der Waals surface area contributed by atoms with Crippen molar-refractivity contribution in [3.05, 3.63) is 40.0 Å². The third-order valence-corrected chi connectivity index (χ3v) is 3.12. The van der Waals surface area contributed by atoms with Gasteiger partial charge < -0.3 is 0 Å². The highest BCUT2D eigenvalue weighted by molar-refractivity contribution is 9.10. The van der Waals surface area contributed by atoms with Gasteiger partial charge >= 0.3 is 0 Å². The predicted octanol–water partition coefficient (Wildman–Crippen LogP) is 4.43. The van der Waals surface area contributed by atoms with E-state index in [1.165, 1.54) is 10.9 Å². The highest BCUT2D eigenvalue weighted by Crippen LogP contribution is 2.24. The summed E-state index contributed by atoms with van der Waals surface area (Å²) in [7, 11) is 0. The topological polar surface area (TPSA) is 12.9 Å². The van der Waals surface area contributed by atoms with Crippen molar-refractivity contribution >= 4 is 26.8 Å². The molecule has 0 spiro atoms. The smallest absolute Gasteiger partial charge is 0.0706 e. The molecule has 15 heavy (non-hydrogen) atoms. The van der Waals surface area contributed by atoms with Crippen molar-refractivity contribution in [1.82, 2.24) is 4.98 Å². The lowest BCUT2D eigenvalue weighted by Gasteiger charge is -2.10. The molecule has 2 heteroatoms. The van der Waals surface area contributed by atoms with Crippen LogP contribution in [0, 0.1) is 6.92 Å². The van der Waals surface area contributed by atoms with Crippen LogP contribution in [-0.4, -0.2) is 4.98 Å². The number of halogens is 1. The van der Waals surface area contributed by atoms with Crippen LogP contribution in [0.5, 0.6) is 0 Å². The number of aromatic nitrogens is 1. The fourth-order valence-corrected chi connectivity index (χ4v) is 2.22. The van der Waals surface area contributed by atoms with Crippen LogP contribution in [0.2, 0.25) is 0 Å². The zero-order chi connectivity index (χ0) is 11.0. The van der Waals surface area contributed by atoms with Gasteiger partial charge in [0.25, 0.3) is 0 Å². The highest BCUT2D eigenvalue weighted by atomic mass is 79.9. The summed E-state index contributed by atoms with van der Waals surface area (Å²) in [5.74, 6) is 0.529. The second-order valence-corrected chi connectivity index (χ2v) is 5.07. The summed E-state index contributed by atoms with van der Waals surface area (Å²) in [6, 6.07) is 8.45. The number of aryl methyl sites for hydroxylation is 1. The number of nitrogens with zero attached hydrogens (tertiary/aromatic N) is 1. The second kappa shape index (κ2) is 3.93. The summed E-state index contributed by atoms with van der Waals surface area (Å²) in [6.45, 7) is 6.48.